The Hall–Kier alpha value is -1.16. The molecule has 0 atom stereocenters. The number of nitrogens with two attached hydrogens (primary N) is 1. The fraction of sp³-hybridized carbons (Fsp3) is 0.455. The Morgan fingerprint density at radius 2 is 2.20 bits per heavy atom. The molecule has 0 radical (unpaired) electrons. The van der Waals surface area contributed by atoms with E-state index >= 15 is 0 Å². The van der Waals surface area contributed by atoms with Crippen LogP contribution < -0.4 is 10.5 Å². The molecular weight excluding hydrogens is 200 g/mol. The van der Waals surface area contributed by atoms with Crippen molar-refractivity contribution in [1.29, 1.82) is 0 Å². The fourth-order valence-corrected chi connectivity index (χ4v) is 1.73. The van der Waals surface area contributed by atoms with Gasteiger partial charge in [0.25, 0.3) is 5.92 Å². The average Bonchev–Trinajstić information content (AvgIpc) is 2.37. The monoisotopic (exact) mass is 213 g/mol. The van der Waals surface area contributed by atoms with Crippen LogP contribution in [-0.2, 0) is 12.5 Å². The lowest BCUT2D eigenvalue weighted by Gasteiger charge is -2.16. The predicted octanol–water partition coefficient (Wildman–Crippen LogP) is 2.41. The first-order valence-electron chi connectivity index (χ1n) is 4.97. The summed E-state index contributed by atoms with van der Waals surface area (Å²) in [5.41, 5.74) is 6.11. The second-order valence-corrected chi connectivity index (χ2v) is 3.69. The third-order valence-corrected chi connectivity index (χ3v) is 2.57. The van der Waals surface area contributed by atoms with Crippen LogP contribution in [0.5, 0.6) is 5.75 Å². The molecule has 1 aromatic carbocycles. The van der Waals surface area contributed by atoms with Gasteiger partial charge in [-0.1, -0.05) is 6.07 Å². The van der Waals surface area contributed by atoms with Crippen molar-refractivity contribution in [1.82, 2.24) is 0 Å². The summed E-state index contributed by atoms with van der Waals surface area (Å²) in [5, 5.41) is 0. The Balaban J connectivity index is 2.48. The van der Waals surface area contributed by atoms with Crippen molar-refractivity contribution in [3.05, 3.63) is 29.3 Å². The van der Waals surface area contributed by atoms with Crippen LogP contribution in [0.25, 0.3) is 0 Å². The van der Waals surface area contributed by atoms with Crippen LogP contribution in [0.2, 0.25) is 0 Å². The molecule has 2 nitrogen and oxygen atoms in total. The van der Waals surface area contributed by atoms with E-state index in [4.69, 9.17) is 10.5 Å². The third-order valence-electron chi connectivity index (χ3n) is 2.57. The van der Waals surface area contributed by atoms with Crippen LogP contribution in [0.15, 0.2) is 18.2 Å². The molecule has 0 aromatic heterocycles. The van der Waals surface area contributed by atoms with Crippen LogP contribution in [0, 0.1) is 0 Å². The molecule has 1 aliphatic rings. The van der Waals surface area contributed by atoms with Gasteiger partial charge in [-0.15, -0.1) is 0 Å². The number of hydrogen-bond acceptors (Lipinski definition) is 2. The SMILES string of the molecule is NCc1ccc2c(c1)C(F)(F)CCCO2. The highest BCUT2D eigenvalue weighted by molar-refractivity contribution is 5.40. The van der Waals surface area contributed by atoms with E-state index in [9.17, 15) is 8.78 Å². The van der Waals surface area contributed by atoms with Crippen LogP contribution in [0.4, 0.5) is 8.78 Å². The molecule has 0 spiro atoms. The molecule has 0 bridgehead atoms. The van der Waals surface area contributed by atoms with E-state index in [2.05, 4.69) is 0 Å². The molecule has 1 heterocycles. The number of rotatable bonds is 1. The molecule has 4 heteroatoms. The molecule has 0 fully saturated rings. The Labute approximate surface area is 87.0 Å². The van der Waals surface area contributed by atoms with Crippen LogP contribution >= 0.6 is 0 Å². The summed E-state index contributed by atoms with van der Waals surface area (Å²) in [6, 6.07) is 4.75. The van der Waals surface area contributed by atoms with Gasteiger partial charge >= 0.3 is 0 Å². The van der Waals surface area contributed by atoms with Crippen molar-refractivity contribution in [3.8, 4) is 5.75 Å². The first-order valence-corrected chi connectivity index (χ1v) is 4.97. The average molecular weight is 213 g/mol. The van der Waals surface area contributed by atoms with Crippen molar-refractivity contribution in [2.75, 3.05) is 6.61 Å². The van der Waals surface area contributed by atoms with E-state index in [0.717, 1.165) is 0 Å². The van der Waals surface area contributed by atoms with Gasteiger partial charge in [-0.3, -0.25) is 0 Å². The van der Waals surface area contributed by atoms with E-state index in [-0.39, 0.29) is 24.3 Å². The third kappa shape index (κ3) is 1.95. The molecule has 15 heavy (non-hydrogen) atoms. The summed E-state index contributed by atoms with van der Waals surface area (Å²) < 4.78 is 32.6. The molecule has 1 aromatic rings. The maximum atomic E-state index is 13.7. The molecule has 0 saturated heterocycles. The maximum Gasteiger partial charge on any atom is 0.276 e. The van der Waals surface area contributed by atoms with Gasteiger partial charge in [0.2, 0.25) is 0 Å². The van der Waals surface area contributed by atoms with Gasteiger partial charge in [0.05, 0.1) is 12.2 Å². The molecule has 0 amide bonds. The van der Waals surface area contributed by atoms with Gasteiger partial charge < -0.3 is 10.5 Å². The minimum absolute atomic E-state index is 0.0250. The Morgan fingerprint density at radius 1 is 1.40 bits per heavy atom. The van der Waals surface area contributed by atoms with E-state index in [1.54, 1.807) is 12.1 Å². The summed E-state index contributed by atoms with van der Waals surface area (Å²) >= 11 is 0. The Bertz CT molecular complexity index is 366. The molecule has 2 rings (SSSR count). The van der Waals surface area contributed by atoms with Gasteiger partial charge in [0.1, 0.15) is 5.75 Å². The van der Waals surface area contributed by atoms with Gasteiger partial charge in [-0.05, 0) is 24.1 Å². The molecule has 82 valence electrons. The lowest BCUT2D eigenvalue weighted by atomic mass is 10.0. The van der Waals surface area contributed by atoms with E-state index in [1.165, 1.54) is 6.07 Å². The zero-order valence-corrected chi connectivity index (χ0v) is 8.30. The van der Waals surface area contributed by atoms with Crippen molar-refractivity contribution in [3.63, 3.8) is 0 Å². The second-order valence-electron chi connectivity index (χ2n) is 3.69. The number of hydrogen-bond donors (Lipinski definition) is 1. The number of halogens is 2. The summed E-state index contributed by atoms with van der Waals surface area (Å²) in [6.45, 7) is 0.619. The van der Waals surface area contributed by atoms with E-state index in [1.807, 2.05) is 0 Å². The quantitative estimate of drug-likeness (QED) is 0.777. The summed E-state index contributed by atoms with van der Waals surface area (Å²) in [7, 11) is 0. The van der Waals surface area contributed by atoms with Gasteiger partial charge in [0.15, 0.2) is 0 Å². The predicted molar refractivity (Wildman–Crippen MR) is 53.0 cm³/mol. The number of ether oxygens (including phenoxy) is 1. The topological polar surface area (TPSA) is 35.2 Å². The second kappa shape index (κ2) is 3.77. The number of alkyl halides is 2. The van der Waals surface area contributed by atoms with Crippen LogP contribution in [0.3, 0.4) is 0 Å². The normalized spacial score (nSPS) is 18.9. The molecular formula is C11H13F2NO. The highest BCUT2D eigenvalue weighted by Gasteiger charge is 2.36. The first-order chi connectivity index (χ1) is 7.13. The number of benzene rings is 1. The summed E-state index contributed by atoms with van der Waals surface area (Å²) in [6.07, 6.45) is 0.216. The highest BCUT2D eigenvalue weighted by atomic mass is 19.3. The molecule has 0 aliphatic carbocycles. The van der Waals surface area contributed by atoms with E-state index in [0.29, 0.717) is 18.6 Å². The standard InChI is InChI=1S/C11H13F2NO/c12-11(13)4-1-5-15-10-3-2-8(7-14)6-9(10)11/h2-3,6H,1,4-5,7,14H2. The van der Waals surface area contributed by atoms with Gasteiger partial charge in [-0.25, -0.2) is 8.78 Å². The van der Waals surface area contributed by atoms with Gasteiger partial charge in [0, 0.05) is 13.0 Å². The van der Waals surface area contributed by atoms with Crippen molar-refractivity contribution in [2.24, 2.45) is 5.73 Å². The molecule has 1 aliphatic heterocycles. The fourth-order valence-electron chi connectivity index (χ4n) is 1.73. The zero-order chi connectivity index (χ0) is 10.9. The minimum atomic E-state index is -2.79. The maximum absolute atomic E-state index is 13.7. The van der Waals surface area contributed by atoms with E-state index < -0.39 is 5.92 Å². The largest absolute Gasteiger partial charge is 0.493 e. The molecule has 0 unspecified atom stereocenters. The smallest absolute Gasteiger partial charge is 0.276 e. The molecule has 0 saturated carbocycles. The summed E-state index contributed by atoms with van der Waals surface area (Å²) in [4.78, 5) is 0. The minimum Gasteiger partial charge on any atom is -0.493 e. The molecule has 2 N–H and O–H groups in total. The lowest BCUT2D eigenvalue weighted by Crippen LogP contribution is -2.13. The summed E-state index contributed by atoms with van der Waals surface area (Å²) in [5.74, 6) is -2.51. The van der Waals surface area contributed by atoms with Crippen molar-refractivity contribution in [2.45, 2.75) is 25.3 Å². The Kier molecular flexibility index (Phi) is 2.61. The Morgan fingerprint density at radius 3 is 2.93 bits per heavy atom. The highest BCUT2D eigenvalue weighted by Crippen LogP contribution is 2.41. The first kappa shape index (κ1) is 10.4. The van der Waals surface area contributed by atoms with Crippen molar-refractivity contribution < 1.29 is 13.5 Å². The lowest BCUT2D eigenvalue weighted by molar-refractivity contribution is -0.0125. The van der Waals surface area contributed by atoms with Gasteiger partial charge in [-0.2, -0.15) is 0 Å². The van der Waals surface area contributed by atoms with Crippen molar-refractivity contribution >= 4 is 0 Å². The zero-order valence-electron chi connectivity index (χ0n) is 8.30. The number of fused-ring (bicyclic) bond motifs is 1. The van der Waals surface area contributed by atoms with Crippen LogP contribution in [0.1, 0.15) is 24.0 Å². The van der Waals surface area contributed by atoms with Crippen LogP contribution in [-0.4, -0.2) is 6.61 Å².